The second kappa shape index (κ2) is 8.69. The Morgan fingerprint density at radius 2 is 2.08 bits per heavy atom. The number of nitrogens with one attached hydrogen (secondary N) is 1. The van der Waals surface area contributed by atoms with Gasteiger partial charge < -0.3 is 15.0 Å². The Balaban J connectivity index is 1.96. The molecule has 0 bridgehead atoms. The van der Waals surface area contributed by atoms with E-state index in [1.807, 2.05) is 19.1 Å². The summed E-state index contributed by atoms with van der Waals surface area (Å²) >= 11 is 0. The zero-order valence-electron chi connectivity index (χ0n) is 14.2. The highest BCUT2D eigenvalue weighted by Crippen LogP contribution is 2.17. The molecule has 1 unspecified atom stereocenters. The van der Waals surface area contributed by atoms with Crippen molar-refractivity contribution in [2.75, 3.05) is 12.4 Å². The lowest BCUT2D eigenvalue weighted by Crippen LogP contribution is -2.38. The van der Waals surface area contributed by atoms with Crippen LogP contribution in [0.5, 0.6) is 5.75 Å². The third-order valence-electron chi connectivity index (χ3n) is 3.75. The molecule has 6 heteroatoms. The fraction of sp³-hybridized carbons (Fsp3) is 0.263. The van der Waals surface area contributed by atoms with Crippen molar-refractivity contribution in [1.29, 1.82) is 5.26 Å². The van der Waals surface area contributed by atoms with Crippen molar-refractivity contribution < 1.29 is 13.9 Å². The van der Waals surface area contributed by atoms with E-state index < -0.39 is 0 Å². The Labute approximate surface area is 146 Å². The van der Waals surface area contributed by atoms with Crippen molar-refractivity contribution in [2.45, 2.75) is 26.0 Å². The fourth-order valence-corrected chi connectivity index (χ4v) is 2.14. The summed E-state index contributed by atoms with van der Waals surface area (Å²) < 4.78 is 18.7. The van der Waals surface area contributed by atoms with Gasteiger partial charge in [0.1, 0.15) is 18.2 Å². The molecule has 0 fully saturated rings. The number of halogens is 1. The maximum atomic E-state index is 13.1. The lowest BCUT2D eigenvalue weighted by Gasteiger charge is -2.23. The first-order valence-electron chi connectivity index (χ1n) is 7.87. The summed E-state index contributed by atoms with van der Waals surface area (Å²) in [5.74, 6) is 0.0903. The topological polar surface area (TPSA) is 65.4 Å². The number of anilines is 1. The van der Waals surface area contributed by atoms with Crippen LogP contribution >= 0.6 is 0 Å². The van der Waals surface area contributed by atoms with Gasteiger partial charge >= 0.3 is 6.03 Å². The predicted molar refractivity (Wildman–Crippen MR) is 93.6 cm³/mol. The van der Waals surface area contributed by atoms with Gasteiger partial charge in [-0.25, -0.2) is 9.18 Å². The molecule has 0 spiro atoms. The number of rotatable bonds is 6. The summed E-state index contributed by atoms with van der Waals surface area (Å²) in [7, 11) is 1.65. The molecule has 2 rings (SSSR count). The lowest BCUT2D eigenvalue weighted by atomic mass is 10.2. The van der Waals surface area contributed by atoms with Gasteiger partial charge in [-0.1, -0.05) is 18.2 Å². The third kappa shape index (κ3) is 5.50. The summed E-state index contributed by atoms with van der Waals surface area (Å²) in [5.41, 5.74) is 1.47. The van der Waals surface area contributed by atoms with Crippen LogP contribution in [-0.2, 0) is 6.61 Å². The van der Waals surface area contributed by atoms with Crippen LogP contribution in [0.1, 0.15) is 18.9 Å². The number of urea groups is 1. The van der Waals surface area contributed by atoms with Crippen LogP contribution in [0.25, 0.3) is 0 Å². The van der Waals surface area contributed by atoms with Gasteiger partial charge in [-0.3, -0.25) is 0 Å². The highest BCUT2D eigenvalue weighted by molar-refractivity contribution is 5.89. The highest BCUT2D eigenvalue weighted by atomic mass is 19.1. The van der Waals surface area contributed by atoms with E-state index in [0.717, 1.165) is 5.56 Å². The minimum atomic E-state index is -0.354. The molecule has 0 aliphatic carbocycles. The number of nitriles is 1. The van der Waals surface area contributed by atoms with Crippen LogP contribution in [-0.4, -0.2) is 24.0 Å². The van der Waals surface area contributed by atoms with Crippen molar-refractivity contribution in [2.24, 2.45) is 0 Å². The summed E-state index contributed by atoms with van der Waals surface area (Å²) in [6, 6.07) is 14.7. The maximum absolute atomic E-state index is 13.1. The molecular formula is C19H20FN3O2. The smallest absolute Gasteiger partial charge is 0.321 e. The number of amides is 2. The van der Waals surface area contributed by atoms with Gasteiger partial charge in [0.05, 0.1) is 12.5 Å². The Kier molecular flexibility index (Phi) is 6.35. The zero-order valence-corrected chi connectivity index (χ0v) is 14.2. The molecule has 0 saturated carbocycles. The largest absolute Gasteiger partial charge is 0.489 e. The first kappa shape index (κ1) is 18.3. The Bertz CT molecular complexity index is 773. The van der Waals surface area contributed by atoms with E-state index in [4.69, 9.17) is 10.00 Å². The van der Waals surface area contributed by atoms with Crippen LogP contribution in [0, 0.1) is 17.1 Å². The molecule has 0 aliphatic heterocycles. The third-order valence-corrected chi connectivity index (χ3v) is 3.75. The molecular weight excluding hydrogens is 321 g/mol. The number of hydrogen-bond acceptors (Lipinski definition) is 3. The fourth-order valence-electron chi connectivity index (χ4n) is 2.14. The van der Waals surface area contributed by atoms with Gasteiger partial charge in [-0.05, 0) is 36.8 Å². The minimum Gasteiger partial charge on any atom is -0.489 e. The monoisotopic (exact) mass is 341 g/mol. The van der Waals surface area contributed by atoms with E-state index >= 15 is 0 Å². The van der Waals surface area contributed by atoms with Crippen LogP contribution < -0.4 is 10.1 Å². The summed E-state index contributed by atoms with van der Waals surface area (Å²) in [6.07, 6.45) is 0.269. The molecule has 1 N–H and O–H groups in total. The molecule has 130 valence electrons. The van der Waals surface area contributed by atoms with Gasteiger partial charge in [0.15, 0.2) is 0 Å². The molecule has 0 aliphatic rings. The molecule has 1 atom stereocenters. The van der Waals surface area contributed by atoms with E-state index in [-0.39, 0.29) is 30.9 Å². The molecule has 0 heterocycles. The van der Waals surface area contributed by atoms with Crippen molar-refractivity contribution in [1.82, 2.24) is 4.90 Å². The Morgan fingerprint density at radius 3 is 2.80 bits per heavy atom. The number of benzene rings is 2. The van der Waals surface area contributed by atoms with E-state index in [1.54, 1.807) is 37.4 Å². The van der Waals surface area contributed by atoms with Crippen molar-refractivity contribution in [3.8, 4) is 11.8 Å². The first-order chi connectivity index (χ1) is 12.0. The van der Waals surface area contributed by atoms with E-state index in [0.29, 0.717) is 11.4 Å². The van der Waals surface area contributed by atoms with Gasteiger partial charge in [-0.15, -0.1) is 0 Å². The first-order valence-corrected chi connectivity index (χ1v) is 7.87. The maximum Gasteiger partial charge on any atom is 0.321 e. The zero-order chi connectivity index (χ0) is 18.2. The van der Waals surface area contributed by atoms with Crippen molar-refractivity contribution in [3.63, 3.8) is 0 Å². The van der Waals surface area contributed by atoms with Crippen LogP contribution in [0.4, 0.5) is 14.9 Å². The van der Waals surface area contributed by atoms with Crippen LogP contribution in [0.2, 0.25) is 0 Å². The molecule has 5 nitrogen and oxygen atoms in total. The average Bonchev–Trinajstić information content (AvgIpc) is 2.60. The Morgan fingerprint density at radius 1 is 1.32 bits per heavy atom. The van der Waals surface area contributed by atoms with Gasteiger partial charge in [-0.2, -0.15) is 5.26 Å². The molecule has 2 amide bonds. The summed E-state index contributed by atoms with van der Waals surface area (Å²) in [6.45, 7) is 2.07. The number of carbonyl (C=O) groups is 1. The summed E-state index contributed by atoms with van der Waals surface area (Å²) in [5, 5.41) is 11.5. The van der Waals surface area contributed by atoms with Crippen molar-refractivity contribution in [3.05, 3.63) is 59.9 Å². The number of carbonyl (C=O) groups excluding carboxylic acids is 1. The number of hydrogen-bond donors (Lipinski definition) is 1. The van der Waals surface area contributed by atoms with Crippen molar-refractivity contribution >= 4 is 11.7 Å². The average molecular weight is 341 g/mol. The van der Waals surface area contributed by atoms with E-state index in [1.165, 1.54) is 17.0 Å². The Hall–Kier alpha value is -3.07. The summed E-state index contributed by atoms with van der Waals surface area (Å²) in [4.78, 5) is 13.7. The highest BCUT2D eigenvalue weighted by Gasteiger charge is 2.15. The molecule has 0 radical (unpaired) electrons. The van der Waals surface area contributed by atoms with Gasteiger partial charge in [0, 0.05) is 24.8 Å². The molecule has 2 aromatic rings. The predicted octanol–water partition coefficient (Wildman–Crippen LogP) is 4.17. The van der Waals surface area contributed by atoms with Crippen LogP contribution in [0.15, 0.2) is 48.5 Å². The molecule has 0 saturated heterocycles. The lowest BCUT2D eigenvalue weighted by molar-refractivity contribution is 0.208. The van der Waals surface area contributed by atoms with Crippen LogP contribution in [0.3, 0.4) is 0 Å². The van der Waals surface area contributed by atoms with Gasteiger partial charge in [0.25, 0.3) is 0 Å². The minimum absolute atomic E-state index is 0.176. The number of nitrogens with zero attached hydrogens (tertiary/aromatic N) is 2. The normalized spacial score (nSPS) is 11.3. The SMILES string of the molecule is CC(CC#N)N(C)C(=O)Nc1cccc(COc2cccc(F)c2)c1. The second-order valence-corrected chi connectivity index (χ2v) is 5.70. The molecule has 25 heavy (non-hydrogen) atoms. The van der Waals surface area contributed by atoms with E-state index in [9.17, 15) is 9.18 Å². The molecule has 0 aromatic heterocycles. The van der Waals surface area contributed by atoms with E-state index in [2.05, 4.69) is 5.32 Å². The van der Waals surface area contributed by atoms with Gasteiger partial charge in [0.2, 0.25) is 0 Å². The number of ether oxygens (including phenoxy) is 1. The standard InChI is InChI=1S/C19H20FN3O2/c1-14(9-10-21)23(2)19(24)22-17-7-3-5-15(11-17)13-25-18-8-4-6-16(20)12-18/h3-8,11-12,14H,9,13H2,1-2H3,(H,22,24). The quantitative estimate of drug-likeness (QED) is 0.857. The second-order valence-electron chi connectivity index (χ2n) is 5.70. The molecule has 2 aromatic carbocycles.